The first kappa shape index (κ1) is 22.0. The molecule has 2 aromatic carbocycles. The van der Waals surface area contributed by atoms with Crippen molar-refractivity contribution in [3.63, 3.8) is 0 Å². The SMILES string of the molecule is Cc1ccc(N2C(=O)C[C@H]([NH+]3CCN(S(=O)(=O)c4ccc(Cl)cc4)CC3)C2=O)c(C)c1. The van der Waals surface area contributed by atoms with Gasteiger partial charge >= 0.3 is 0 Å². The lowest BCUT2D eigenvalue weighted by atomic mass is 10.1. The fraction of sp³-hybridized carbons (Fsp3) is 0.364. The van der Waals surface area contributed by atoms with Crippen molar-refractivity contribution in [2.24, 2.45) is 0 Å². The van der Waals surface area contributed by atoms with Crippen molar-refractivity contribution in [2.75, 3.05) is 31.1 Å². The Labute approximate surface area is 187 Å². The van der Waals surface area contributed by atoms with Gasteiger partial charge in [0.15, 0.2) is 6.04 Å². The van der Waals surface area contributed by atoms with Crippen molar-refractivity contribution in [1.82, 2.24) is 4.31 Å². The van der Waals surface area contributed by atoms with Crippen molar-refractivity contribution < 1.29 is 22.9 Å². The fourth-order valence-electron chi connectivity index (χ4n) is 4.38. The molecule has 1 N–H and O–H groups in total. The van der Waals surface area contributed by atoms with Crippen LogP contribution < -0.4 is 9.80 Å². The number of sulfonamides is 1. The summed E-state index contributed by atoms with van der Waals surface area (Å²) >= 11 is 5.86. The summed E-state index contributed by atoms with van der Waals surface area (Å²) < 4.78 is 27.2. The fourth-order valence-corrected chi connectivity index (χ4v) is 5.95. The molecule has 2 amide bonds. The molecule has 9 heteroatoms. The Hall–Kier alpha value is -2.26. The van der Waals surface area contributed by atoms with Crippen molar-refractivity contribution in [2.45, 2.75) is 31.2 Å². The van der Waals surface area contributed by atoms with Crippen LogP contribution in [0.15, 0.2) is 47.4 Å². The first-order chi connectivity index (χ1) is 14.7. The number of benzene rings is 2. The molecule has 31 heavy (non-hydrogen) atoms. The number of rotatable bonds is 4. The van der Waals surface area contributed by atoms with Crippen LogP contribution in [0.1, 0.15) is 17.5 Å². The van der Waals surface area contributed by atoms with Gasteiger partial charge in [0.25, 0.3) is 5.91 Å². The third-order valence-corrected chi connectivity index (χ3v) is 8.21. The second-order valence-electron chi connectivity index (χ2n) is 8.13. The van der Waals surface area contributed by atoms with Gasteiger partial charge in [0.2, 0.25) is 15.9 Å². The van der Waals surface area contributed by atoms with E-state index in [1.807, 2.05) is 32.0 Å². The molecule has 0 saturated carbocycles. The first-order valence-electron chi connectivity index (χ1n) is 10.2. The van der Waals surface area contributed by atoms with Gasteiger partial charge < -0.3 is 4.90 Å². The van der Waals surface area contributed by atoms with E-state index in [0.717, 1.165) is 16.0 Å². The molecule has 2 aliphatic heterocycles. The van der Waals surface area contributed by atoms with E-state index in [1.165, 1.54) is 21.3 Å². The van der Waals surface area contributed by atoms with E-state index in [2.05, 4.69) is 0 Å². The van der Waals surface area contributed by atoms with E-state index in [1.54, 1.807) is 12.1 Å². The topological polar surface area (TPSA) is 79.2 Å². The first-order valence-corrected chi connectivity index (χ1v) is 12.0. The zero-order chi connectivity index (χ0) is 22.3. The molecule has 0 aromatic heterocycles. The molecule has 0 spiro atoms. The van der Waals surface area contributed by atoms with Crippen molar-refractivity contribution in [3.05, 3.63) is 58.6 Å². The van der Waals surface area contributed by atoms with Crippen LogP contribution in [0.25, 0.3) is 0 Å². The molecule has 2 aromatic rings. The molecule has 7 nitrogen and oxygen atoms in total. The van der Waals surface area contributed by atoms with Crippen molar-refractivity contribution in [1.29, 1.82) is 0 Å². The van der Waals surface area contributed by atoms with Gasteiger partial charge in [-0.05, 0) is 49.7 Å². The number of hydrogen-bond acceptors (Lipinski definition) is 4. The summed E-state index contributed by atoms with van der Waals surface area (Å²) in [7, 11) is -3.61. The number of nitrogens with zero attached hydrogens (tertiary/aromatic N) is 2. The number of piperazine rings is 1. The molecule has 0 unspecified atom stereocenters. The molecule has 0 bridgehead atoms. The predicted octanol–water partition coefficient (Wildman–Crippen LogP) is 1.18. The summed E-state index contributed by atoms with van der Waals surface area (Å²) in [5.74, 6) is -0.411. The Balaban J connectivity index is 1.46. The third kappa shape index (κ3) is 4.13. The lowest BCUT2D eigenvalue weighted by molar-refractivity contribution is -0.918. The molecule has 1 atom stereocenters. The number of carbonyl (C=O) groups excluding carboxylic acids is 2. The van der Waals surface area contributed by atoms with Gasteiger partial charge in [-0.3, -0.25) is 9.59 Å². The number of nitrogens with one attached hydrogen (secondary N) is 1. The minimum absolute atomic E-state index is 0.144. The van der Waals surface area contributed by atoms with Gasteiger partial charge in [-0.1, -0.05) is 29.3 Å². The zero-order valence-corrected chi connectivity index (χ0v) is 19.0. The highest BCUT2D eigenvalue weighted by Crippen LogP contribution is 2.26. The molecule has 0 radical (unpaired) electrons. The number of carbonyl (C=O) groups is 2. The maximum atomic E-state index is 13.1. The molecule has 0 aliphatic carbocycles. The zero-order valence-electron chi connectivity index (χ0n) is 17.5. The summed E-state index contributed by atoms with van der Waals surface area (Å²) in [5.41, 5.74) is 2.59. The van der Waals surface area contributed by atoms with Crippen LogP contribution in [0.2, 0.25) is 5.02 Å². The standard InChI is InChI=1S/C22H24ClN3O4S/c1-15-3-8-19(16(2)13-15)26-21(27)14-20(22(26)28)24-9-11-25(12-10-24)31(29,30)18-6-4-17(23)5-7-18/h3-8,13,20H,9-12,14H2,1-2H3/p+1/t20-/m0/s1. The number of imide groups is 1. The normalized spacial score (nSPS) is 21.1. The highest BCUT2D eigenvalue weighted by atomic mass is 35.5. The minimum atomic E-state index is -3.61. The van der Waals surface area contributed by atoms with E-state index in [-0.39, 0.29) is 23.1 Å². The lowest BCUT2D eigenvalue weighted by Gasteiger charge is -2.33. The molecule has 164 valence electrons. The smallest absolute Gasteiger partial charge is 0.292 e. The Morgan fingerprint density at radius 2 is 1.65 bits per heavy atom. The summed E-state index contributed by atoms with van der Waals surface area (Å²) in [6, 6.07) is 11.3. The van der Waals surface area contributed by atoms with E-state index < -0.39 is 16.1 Å². The minimum Gasteiger partial charge on any atom is -0.322 e. The number of anilines is 1. The number of quaternary nitrogens is 1. The Morgan fingerprint density at radius 1 is 1.00 bits per heavy atom. The van der Waals surface area contributed by atoms with E-state index in [4.69, 9.17) is 11.6 Å². The third-order valence-electron chi connectivity index (χ3n) is 6.05. The average Bonchev–Trinajstić information content (AvgIpc) is 3.03. The van der Waals surface area contributed by atoms with Gasteiger partial charge in [-0.15, -0.1) is 0 Å². The van der Waals surface area contributed by atoms with E-state index in [9.17, 15) is 18.0 Å². The van der Waals surface area contributed by atoms with Gasteiger partial charge in [0.1, 0.15) is 0 Å². The van der Waals surface area contributed by atoms with Gasteiger partial charge in [-0.2, -0.15) is 4.31 Å². The molecular weight excluding hydrogens is 438 g/mol. The largest absolute Gasteiger partial charge is 0.322 e. The quantitative estimate of drug-likeness (QED) is 0.692. The second kappa shape index (κ2) is 8.35. The summed E-state index contributed by atoms with van der Waals surface area (Å²) in [5, 5.41) is 0.478. The maximum Gasteiger partial charge on any atom is 0.292 e. The second-order valence-corrected chi connectivity index (χ2v) is 10.5. The molecule has 2 saturated heterocycles. The van der Waals surface area contributed by atoms with Gasteiger partial charge in [0, 0.05) is 5.02 Å². The number of aryl methyl sites for hydroxylation is 2. The number of hydrogen-bond donors (Lipinski definition) is 1. The molecule has 2 aliphatic rings. The summed E-state index contributed by atoms with van der Waals surface area (Å²) in [4.78, 5) is 28.3. The van der Waals surface area contributed by atoms with Crippen LogP contribution >= 0.6 is 11.6 Å². The summed E-state index contributed by atoms with van der Waals surface area (Å²) in [6.07, 6.45) is 0.144. The van der Waals surface area contributed by atoms with E-state index in [0.29, 0.717) is 36.9 Å². The van der Waals surface area contributed by atoms with Crippen LogP contribution in [-0.4, -0.2) is 56.8 Å². The predicted molar refractivity (Wildman–Crippen MR) is 118 cm³/mol. The molecular formula is C22H25ClN3O4S+. The van der Waals surface area contributed by atoms with Crippen LogP contribution in [0.4, 0.5) is 5.69 Å². The summed E-state index contributed by atoms with van der Waals surface area (Å²) in [6.45, 7) is 5.39. The van der Waals surface area contributed by atoms with Gasteiger partial charge in [-0.25, -0.2) is 13.3 Å². The molecule has 2 heterocycles. The van der Waals surface area contributed by atoms with E-state index >= 15 is 0 Å². The molecule has 2 fully saturated rings. The van der Waals surface area contributed by atoms with Crippen LogP contribution in [0.3, 0.4) is 0 Å². The van der Waals surface area contributed by atoms with Crippen LogP contribution in [0, 0.1) is 13.8 Å². The highest BCUT2D eigenvalue weighted by molar-refractivity contribution is 7.89. The van der Waals surface area contributed by atoms with Crippen LogP contribution in [0.5, 0.6) is 0 Å². The highest BCUT2D eigenvalue weighted by Gasteiger charge is 2.47. The number of amides is 2. The maximum absolute atomic E-state index is 13.1. The monoisotopic (exact) mass is 462 g/mol. The molecule has 4 rings (SSSR count). The Kier molecular flexibility index (Phi) is 5.91. The number of halogens is 1. The van der Waals surface area contributed by atoms with Gasteiger partial charge in [0.05, 0.1) is 43.2 Å². The Bertz CT molecular complexity index is 1130. The lowest BCUT2D eigenvalue weighted by Crippen LogP contribution is -3.19. The van der Waals surface area contributed by atoms with Crippen molar-refractivity contribution in [3.8, 4) is 0 Å². The average molecular weight is 463 g/mol. The van der Waals surface area contributed by atoms with Crippen LogP contribution in [-0.2, 0) is 19.6 Å². The Morgan fingerprint density at radius 3 is 2.26 bits per heavy atom. The van der Waals surface area contributed by atoms with Crippen molar-refractivity contribution >= 4 is 39.1 Å².